The first-order chi connectivity index (χ1) is 6.38. The summed E-state index contributed by atoms with van der Waals surface area (Å²) in [6, 6.07) is 0. The summed E-state index contributed by atoms with van der Waals surface area (Å²) in [6.45, 7) is 4.90. The second-order valence-corrected chi connectivity index (χ2v) is 4.68. The van der Waals surface area contributed by atoms with E-state index in [1.807, 2.05) is 0 Å². The fourth-order valence-electron chi connectivity index (χ4n) is 2.94. The minimum atomic E-state index is 0.894. The van der Waals surface area contributed by atoms with E-state index in [1.165, 1.54) is 38.8 Å². The molecule has 0 amide bonds. The number of allylic oxidation sites excluding steroid dienone is 2. The van der Waals surface area contributed by atoms with E-state index in [0.29, 0.717) is 0 Å². The summed E-state index contributed by atoms with van der Waals surface area (Å²) in [5, 5.41) is 3.49. The fourth-order valence-corrected chi connectivity index (χ4v) is 2.94. The van der Waals surface area contributed by atoms with Gasteiger partial charge in [-0.15, -0.1) is 0 Å². The SMILES string of the molecule is CC1CNCCC1C1CC=CCC1. The Morgan fingerprint density at radius 2 is 2.15 bits per heavy atom. The van der Waals surface area contributed by atoms with Crippen LogP contribution in [0.3, 0.4) is 0 Å². The van der Waals surface area contributed by atoms with Gasteiger partial charge in [-0.05, 0) is 56.5 Å². The molecular formula is C12H21N. The summed E-state index contributed by atoms with van der Waals surface area (Å²) in [5.41, 5.74) is 0. The van der Waals surface area contributed by atoms with E-state index in [4.69, 9.17) is 0 Å². The van der Waals surface area contributed by atoms with Gasteiger partial charge in [-0.1, -0.05) is 19.1 Å². The first-order valence-corrected chi connectivity index (χ1v) is 5.73. The lowest BCUT2D eigenvalue weighted by Crippen LogP contribution is -2.38. The maximum Gasteiger partial charge on any atom is -0.00204 e. The smallest absolute Gasteiger partial charge is 0.00204 e. The average molecular weight is 179 g/mol. The third kappa shape index (κ3) is 2.14. The van der Waals surface area contributed by atoms with Crippen molar-refractivity contribution in [3.05, 3.63) is 12.2 Å². The summed E-state index contributed by atoms with van der Waals surface area (Å²) >= 11 is 0. The molecule has 1 heteroatoms. The second kappa shape index (κ2) is 4.28. The Morgan fingerprint density at radius 3 is 2.85 bits per heavy atom. The zero-order chi connectivity index (χ0) is 9.10. The normalized spacial score (nSPS) is 40.5. The Kier molecular flexibility index (Phi) is 3.05. The molecule has 3 unspecified atom stereocenters. The van der Waals surface area contributed by atoms with Gasteiger partial charge >= 0.3 is 0 Å². The summed E-state index contributed by atoms with van der Waals surface area (Å²) in [5.74, 6) is 2.87. The number of piperidine rings is 1. The van der Waals surface area contributed by atoms with Crippen LogP contribution in [-0.4, -0.2) is 13.1 Å². The van der Waals surface area contributed by atoms with Crippen molar-refractivity contribution in [3.8, 4) is 0 Å². The topological polar surface area (TPSA) is 12.0 Å². The maximum absolute atomic E-state index is 3.49. The lowest BCUT2D eigenvalue weighted by Gasteiger charge is -2.36. The van der Waals surface area contributed by atoms with Crippen LogP contribution < -0.4 is 5.32 Å². The Balaban J connectivity index is 1.93. The molecule has 1 heterocycles. The first-order valence-electron chi connectivity index (χ1n) is 5.73. The van der Waals surface area contributed by atoms with Gasteiger partial charge in [-0.3, -0.25) is 0 Å². The van der Waals surface area contributed by atoms with E-state index in [-0.39, 0.29) is 0 Å². The van der Waals surface area contributed by atoms with Crippen LogP contribution in [-0.2, 0) is 0 Å². The Hall–Kier alpha value is -0.300. The van der Waals surface area contributed by atoms with Gasteiger partial charge in [0.05, 0.1) is 0 Å². The van der Waals surface area contributed by atoms with E-state index >= 15 is 0 Å². The van der Waals surface area contributed by atoms with Crippen LogP contribution in [0.5, 0.6) is 0 Å². The van der Waals surface area contributed by atoms with Crippen LogP contribution in [0.15, 0.2) is 12.2 Å². The van der Waals surface area contributed by atoms with E-state index in [2.05, 4.69) is 24.4 Å². The molecule has 0 bridgehead atoms. The third-order valence-corrected chi connectivity index (χ3v) is 3.77. The van der Waals surface area contributed by atoms with Crippen molar-refractivity contribution < 1.29 is 0 Å². The molecular weight excluding hydrogens is 158 g/mol. The fraction of sp³-hybridized carbons (Fsp3) is 0.833. The van der Waals surface area contributed by atoms with Crippen molar-refractivity contribution in [1.82, 2.24) is 5.32 Å². The van der Waals surface area contributed by atoms with Gasteiger partial charge < -0.3 is 5.32 Å². The molecule has 0 aromatic carbocycles. The molecule has 2 rings (SSSR count). The second-order valence-electron chi connectivity index (χ2n) is 4.68. The van der Waals surface area contributed by atoms with Gasteiger partial charge in [-0.25, -0.2) is 0 Å². The van der Waals surface area contributed by atoms with Gasteiger partial charge in [-0.2, -0.15) is 0 Å². The van der Waals surface area contributed by atoms with Crippen molar-refractivity contribution in [2.24, 2.45) is 17.8 Å². The molecule has 0 spiro atoms. The Bertz CT molecular complexity index is 186. The van der Waals surface area contributed by atoms with Crippen LogP contribution in [0.2, 0.25) is 0 Å². The van der Waals surface area contributed by atoms with Crippen molar-refractivity contribution in [2.75, 3.05) is 13.1 Å². The third-order valence-electron chi connectivity index (χ3n) is 3.77. The lowest BCUT2D eigenvalue weighted by atomic mass is 9.73. The van der Waals surface area contributed by atoms with Crippen molar-refractivity contribution in [3.63, 3.8) is 0 Å². The highest BCUT2D eigenvalue weighted by Crippen LogP contribution is 2.34. The molecule has 0 aromatic rings. The predicted molar refractivity (Wildman–Crippen MR) is 56.6 cm³/mol. The summed E-state index contributed by atoms with van der Waals surface area (Å²) in [6.07, 6.45) is 10.2. The number of hydrogen-bond acceptors (Lipinski definition) is 1. The molecule has 2 aliphatic rings. The molecule has 1 nitrogen and oxygen atoms in total. The minimum absolute atomic E-state index is 0.894. The highest BCUT2D eigenvalue weighted by molar-refractivity contribution is 4.94. The highest BCUT2D eigenvalue weighted by Gasteiger charge is 2.28. The van der Waals surface area contributed by atoms with Gasteiger partial charge in [0, 0.05) is 0 Å². The van der Waals surface area contributed by atoms with Crippen molar-refractivity contribution in [2.45, 2.75) is 32.6 Å². The quantitative estimate of drug-likeness (QED) is 0.610. The van der Waals surface area contributed by atoms with E-state index in [0.717, 1.165) is 17.8 Å². The molecule has 74 valence electrons. The summed E-state index contributed by atoms with van der Waals surface area (Å²) < 4.78 is 0. The minimum Gasteiger partial charge on any atom is -0.316 e. The molecule has 0 aromatic heterocycles. The number of hydrogen-bond donors (Lipinski definition) is 1. The molecule has 3 atom stereocenters. The predicted octanol–water partition coefficient (Wildman–Crippen LogP) is 2.59. The first kappa shape index (κ1) is 9.26. The van der Waals surface area contributed by atoms with E-state index < -0.39 is 0 Å². The number of rotatable bonds is 1. The molecule has 13 heavy (non-hydrogen) atoms. The Morgan fingerprint density at radius 1 is 1.23 bits per heavy atom. The zero-order valence-electron chi connectivity index (χ0n) is 8.63. The van der Waals surface area contributed by atoms with Crippen molar-refractivity contribution in [1.29, 1.82) is 0 Å². The maximum atomic E-state index is 3.49. The van der Waals surface area contributed by atoms with Crippen molar-refractivity contribution >= 4 is 0 Å². The zero-order valence-corrected chi connectivity index (χ0v) is 8.63. The summed E-state index contributed by atoms with van der Waals surface area (Å²) in [7, 11) is 0. The lowest BCUT2D eigenvalue weighted by molar-refractivity contribution is 0.177. The van der Waals surface area contributed by atoms with Gasteiger partial charge in [0.1, 0.15) is 0 Å². The van der Waals surface area contributed by atoms with Crippen LogP contribution in [0, 0.1) is 17.8 Å². The van der Waals surface area contributed by atoms with Crippen LogP contribution in [0.4, 0.5) is 0 Å². The van der Waals surface area contributed by atoms with Crippen LogP contribution >= 0.6 is 0 Å². The molecule has 1 aliphatic carbocycles. The van der Waals surface area contributed by atoms with Gasteiger partial charge in [0.15, 0.2) is 0 Å². The molecule has 0 radical (unpaired) electrons. The number of nitrogens with one attached hydrogen (secondary N) is 1. The molecule has 1 fully saturated rings. The van der Waals surface area contributed by atoms with Crippen LogP contribution in [0.1, 0.15) is 32.6 Å². The van der Waals surface area contributed by atoms with Gasteiger partial charge in [0.2, 0.25) is 0 Å². The average Bonchev–Trinajstić information content (AvgIpc) is 2.20. The molecule has 1 saturated heterocycles. The Labute approximate surface area is 81.6 Å². The standard InChI is InChI=1S/C12H21N/c1-10-9-13-8-7-12(10)11-5-3-2-4-6-11/h2-3,10-13H,4-9H2,1H3. The van der Waals surface area contributed by atoms with E-state index in [1.54, 1.807) is 0 Å². The van der Waals surface area contributed by atoms with Gasteiger partial charge in [0.25, 0.3) is 0 Å². The molecule has 1 N–H and O–H groups in total. The highest BCUT2D eigenvalue weighted by atomic mass is 14.9. The summed E-state index contributed by atoms with van der Waals surface area (Å²) in [4.78, 5) is 0. The van der Waals surface area contributed by atoms with Crippen LogP contribution in [0.25, 0.3) is 0 Å². The molecule has 1 aliphatic heterocycles. The van der Waals surface area contributed by atoms with E-state index in [9.17, 15) is 0 Å². The largest absolute Gasteiger partial charge is 0.316 e. The monoisotopic (exact) mass is 179 g/mol. The molecule has 0 saturated carbocycles.